The third-order valence-corrected chi connectivity index (χ3v) is 4.67. The fourth-order valence-electron chi connectivity index (χ4n) is 2.93. The largest absolute Gasteiger partial charge is 0.497 e. The number of hydrogen-bond donors (Lipinski definition) is 2. The molecule has 0 fully saturated rings. The van der Waals surface area contributed by atoms with Gasteiger partial charge in [0.05, 0.1) is 20.2 Å². The van der Waals surface area contributed by atoms with Crippen LogP contribution in [0.3, 0.4) is 0 Å². The van der Waals surface area contributed by atoms with Crippen molar-refractivity contribution in [3.63, 3.8) is 0 Å². The molecular weight excluding hydrogens is 491 g/mol. The van der Waals surface area contributed by atoms with E-state index in [0.29, 0.717) is 19.6 Å². The Morgan fingerprint density at radius 2 is 1.73 bits per heavy atom. The highest BCUT2D eigenvalue weighted by Crippen LogP contribution is 2.17. The van der Waals surface area contributed by atoms with Crippen molar-refractivity contribution in [1.82, 2.24) is 25.4 Å². The van der Waals surface area contributed by atoms with Crippen LogP contribution in [-0.2, 0) is 26.7 Å². The topological polar surface area (TPSA) is 76.4 Å². The minimum atomic E-state index is 0. The lowest BCUT2D eigenvalue weighted by Gasteiger charge is -2.13. The number of nitrogens with one attached hydrogen (secondary N) is 2. The molecule has 0 saturated heterocycles. The Morgan fingerprint density at radius 3 is 2.40 bits per heavy atom. The van der Waals surface area contributed by atoms with Gasteiger partial charge in [0.2, 0.25) is 0 Å². The van der Waals surface area contributed by atoms with E-state index in [-0.39, 0.29) is 24.0 Å². The molecule has 1 heterocycles. The first-order valence-electron chi connectivity index (χ1n) is 9.60. The molecule has 2 aromatic carbocycles. The molecule has 7 nitrogen and oxygen atoms in total. The third-order valence-electron chi connectivity index (χ3n) is 4.67. The van der Waals surface area contributed by atoms with E-state index in [1.54, 1.807) is 7.11 Å². The van der Waals surface area contributed by atoms with E-state index < -0.39 is 0 Å². The van der Waals surface area contributed by atoms with Crippen LogP contribution in [0, 0.1) is 13.8 Å². The van der Waals surface area contributed by atoms with Gasteiger partial charge < -0.3 is 19.9 Å². The molecule has 3 aromatic rings. The van der Waals surface area contributed by atoms with E-state index in [4.69, 9.17) is 9.73 Å². The molecule has 0 atom stereocenters. The molecule has 8 heteroatoms. The molecule has 1 aromatic heterocycles. The Balaban J connectivity index is 0.00000320. The van der Waals surface area contributed by atoms with Gasteiger partial charge in [-0.3, -0.25) is 0 Å². The highest BCUT2D eigenvalue weighted by molar-refractivity contribution is 14.0. The molecule has 160 valence electrons. The van der Waals surface area contributed by atoms with Crippen LogP contribution in [0.4, 0.5) is 0 Å². The number of aliphatic imine (C=N–C) groups is 1. The number of guanidine groups is 1. The molecule has 3 rings (SSSR count). The van der Waals surface area contributed by atoms with E-state index in [0.717, 1.165) is 34.5 Å². The van der Waals surface area contributed by atoms with Gasteiger partial charge in [0, 0.05) is 13.6 Å². The van der Waals surface area contributed by atoms with E-state index in [9.17, 15) is 0 Å². The smallest absolute Gasteiger partial charge is 0.192 e. The second-order valence-corrected chi connectivity index (χ2v) is 6.94. The fraction of sp³-hybridized carbons (Fsp3) is 0.318. The van der Waals surface area contributed by atoms with Crippen LogP contribution in [0.1, 0.15) is 28.3 Å². The van der Waals surface area contributed by atoms with Gasteiger partial charge in [-0.15, -0.1) is 34.2 Å². The zero-order valence-corrected chi connectivity index (χ0v) is 20.2. The summed E-state index contributed by atoms with van der Waals surface area (Å²) in [5.74, 6) is 3.30. The molecule has 0 aliphatic heterocycles. The minimum absolute atomic E-state index is 0. The van der Waals surface area contributed by atoms with Crippen molar-refractivity contribution in [1.29, 1.82) is 0 Å². The first kappa shape index (κ1) is 23.7. The number of nitrogens with zero attached hydrogens (tertiary/aromatic N) is 4. The van der Waals surface area contributed by atoms with Gasteiger partial charge in [0.1, 0.15) is 11.6 Å². The van der Waals surface area contributed by atoms with E-state index >= 15 is 0 Å². The van der Waals surface area contributed by atoms with Gasteiger partial charge >= 0.3 is 0 Å². The van der Waals surface area contributed by atoms with Crippen LogP contribution in [-0.4, -0.2) is 27.8 Å². The monoisotopic (exact) mass is 520 g/mol. The predicted octanol–water partition coefficient (Wildman–Crippen LogP) is 3.49. The molecule has 0 bridgehead atoms. The van der Waals surface area contributed by atoms with E-state index in [2.05, 4.69) is 46.0 Å². The Kier molecular flexibility index (Phi) is 9.10. The molecule has 0 aliphatic carbocycles. The Hall–Kier alpha value is -2.62. The first-order valence-corrected chi connectivity index (χ1v) is 9.60. The normalized spacial score (nSPS) is 11.0. The number of aromatic nitrogens is 3. The Labute approximate surface area is 195 Å². The summed E-state index contributed by atoms with van der Waals surface area (Å²) in [4.78, 5) is 4.76. The summed E-state index contributed by atoms with van der Waals surface area (Å²) in [5.41, 5.74) is 3.43. The fourth-order valence-corrected chi connectivity index (χ4v) is 2.93. The lowest BCUT2D eigenvalue weighted by Crippen LogP contribution is -2.37. The van der Waals surface area contributed by atoms with Crippen molar-refractivity contribution in [2.75, 3.05) is 7.11 Å². The highest BCUT2D eigenvalue weighted by atomic mass is 127. The number of hydrogen-bond acceptors (Lipinski definition) is 4. The van der Waals surface area contributed by atoms with E-state index in [1.165, 1.54) is 5.56 Å². The second-order valence-electron chi connectivity index (χ2n) is 6.94. The Morgan fingerprint density at radius 1 is 1.00 bits per heavy atom. The van der Waals surface area contributed by atoms with Crippen molar-refractivity contribution >= 4 is 29.9 Å². The van der Waals surface area contributed by atoms with Crippen LogP contribution in [0.25, 0.3) is 0 Å². The number of rotatable bonds is 7. The second kappa shape index (κ2) is 11.5. The predicted molar refractivity (Wildman–Crippen MR) is 130 cm³/mol. The molecule has 0 saturated carbocycles. The third kappa shape index (κ3) is 6.72. The van der Waals surface area contributed by atoms with E-state index in [1.807, 2.05) is 48.9 Å². The van der Waals surface area contributed by atoms with Gasteiger partial charge in [-0.2, -0.15) is 0 Å². The Bertz CT molecular complexity index is 971. The molecule has 30 heavy (non-hydrogen) atoms. The average Bonchev–Trinajstić information content (AvgIpc) is 3.05. The summed E-state index contributed by atoms with van der Waals surface area (Å²) in [5, 5.41) is 15.1. The van der Waals surface area contributed by atoms with Crippen LogP contribution in [0.5, 0.6) is 5.75 Å². The van der Waals surface area contributed by atoms with Crippen molar-refractivity contribution in [3.8, 4) is 5.75 Å². The summed E-state index contributed by atoms with van der Waals surface area (Å²) in [6, 6.07) is 16.4. The number of benzene rings is 2. The molecular formula is C22H29IN6O. The molecule has 0 amide bonds. The minimum Gasteiger partial charge on any atom is -0.497 e. The van der Waals surface area contributed by atoms with Crippen molar-refractivity contribution < 1.29 is 4.74 Å². The average molecular weight is 520 g/mol. The molecule has 0 unspecified atom stereocenters. The maximum atomic E-state index is 5.37. The summed E-state index contributed by atoms with van der Waals surface area (Å²) in [7, 11) is 3.64. The van der Waals surface area contributed by atoms with Crippen molar-refractivity contribution in [3.05, 3.63) is 76.9 Å². The van der Waals surface area contributed by atoms with Crippen LogP contribution >= 0.6 is 24.0 Å². The zero-order chi connectivity index (χ0) is 20.6. The van der Waals surface area contributed by atoms with Crippen LogP contribution < -0.4 is 15.4 Å². The van der Waals surface area contributed by atoms with Gasteiger partial charge in [-0.25, -0.2) is 4.99 Å². The number of methoxy groups -OCH3 is 1. The summed E-state index contributed by atoms with van der Waals surface area (Å²) >= 11 is 0. The van der Waals surface area contributed by atoms with Crippen molar-refractivity contribution in [2.24, 2.45) is 12.0 Å². The summed E-state index contributed by atoms with van der Waals surface area (Å²) in [6.07, 6.45) is 0. The van der Waals surface area contributed by atoms with Gasteiger partial charge in [-0.1, -0.05) is 36.4 Å². The molecule has 2 N–H and O–H groups in total. The summed E-state index contributed by atoms with van der Waals surface area (Å²) < 4.78 is 7.34. The van der Waals surface area contributed by atoms with Crippen LogP contribution in [0.15, 0.2) is 53.5 Å². The SMILES string of the molecule is COc1cc(C)cc(CN=C(NCc2ccccc2)NCc2nnc(C)n2C)c1.I. The van der Waals surface area contributed by atoms with Crippen LogP contribution in [0.2, 0.25) is 0 Å². The number of halogens is 1. The lowest BCUT2D eigenvalue weighted by molar-refractivity contribution is 0.414. The number of aryl methyl sites for hydroxylation is 2. The molecule has 0 aliphatic rings. The quantitative estimate of drug-likeness (QED) is 0.284. The number of ether oxygens (including phenoxy) is 1. The standard InChI is InChI=1S/C22H28N6O.HI/c1-16-10-19(12-20(11-16)29-4)14-24-22(23-13-18-8-6-5-7-9-18)25-15-21-27-26-17(2)28(21)3;/h5-12H,13-15H2,1-4H3,(H2,23,24,25);1H. The molecule has 0 radical (unpaired) electrons. The van der Waals surface area contributed by atoms with Gasteiger partial charge in [-0.05, 0) is 42.7 Å². The first-order chi connectivity index (χ1) is 14.0. The van der Waals surface area contributed by atoms with Gasteiger partial charge in [0.15, 0.2) is 11.8 Å². The maximum Gasteiger partial charge on any atom is 0.192 e. The molecule has 0 spiro atoms. The highest BCUT2D eigenvalue weighted by Gasteiger charge is 2.07. The lowest BCUT2D eigenvalue weighted by atomic mass is 10.1. The zero-order valence-electron chi connectivity index (χ0n) is 17.8. The van der Waals surface area contributed by atoms with Gasteiger partial charge in [0.25, 0.3) is 0 Å². The summed E-state index contributed by atoms with van der Waals surface area (Å²) in [6.45, 7) is 5.75. The van der Waals surface area contributed by atoms with Crippen molar-refractivity contribution in [2.45, 2.75) is 33.5 Å². The maximum absolute atomic E-state index is 5.37.